The quantitative estimate of drug-likeness (QED) is 0.866. The summed E-state index contributed by atoms with van der Waals surface area (Å²) in [6.45, 7) is 4.51. The lowest BCUT2D eigenvalue weighted by atomic mass is 9.92. The predicted molar refractivity (Wildman–Crippen MR) is 76.7 cm³/mol. The minimum absolute atomic E-state index is 0.563. The number of halogens is 1. The first-order chi connectivity index (χ1) is 8.12. The van der Waals surface area contributed by atoms with Gasteiger partial charge in [-0.15, -0.1) is 0 Å². The van der Waals surface area contributed by atoms with Gasteiger partial charge < -0.3 is 10.1 Å². The van der Waals surface area contributed by atoms with E-state index in [4.69, 9.17) is 4.74 Å². The minimum atomic E-state index is 0.563. The fourth-order valence-corrected chi connectivity index (χ4v) is 2.62. The van der Waals surface area contributed by atoms with Crippen molar-refractivity contribution in [1.29, 1.82) is 0 Å². The molecule has 1 rings (SSSR count). The molecule has 0 fully saturated rings. The van der Waals surface area contributed by atoms with Gasteiger partial charge in [0, 0.05) is 10.5 Å². The maximum atomic E-state index is 5.27. The Labute approximate surface area is 113 Å². The predicted octanol–water partition coefficient (Wildman–Crippen LogP) is 3.63. The van der Waals surface area contributed by atoms with Crippen LogP contribution in [0.1, 0.15) is 25.8 Å². The molecule has 0 saturated heterocycles. The maximum absolute atomic E-state index is 5.27. The van der Waals surface area contributed by atoms with Crippen LogP contribution in [0.5, 0.6) is 5.75 Å². The van der Waals surface area contributed by atoms with E-state index >= 15 is 0 Å². The highest BCUT2D eigenvalue weighted by molar-refractivity contribution is 9.10. The number of nitrogens with one attached hydrogen (secondary N) is 1. The fraction of sp³-hybridized carbons (Fsp3) is 0.571. The smallest absolute Gasteiger partial charge is 0.119 e. The van der Waals surface area contributed by atoms with Crippen LogP contribution in [0.15, 0.2) is 22.7 Å². The van der Waals surface area contributed by atoms with Crippen molar-refractivity contribution in [2.24, 2.45) is 5.92 Å². The Balaban J connectivity index is 2.79. The number of rotatable bonds is 6. The van der Waals surface area contributed by atoms with Gasteiger partial charge in [-0.1, -0.05) is 29.8 Å². The first kappa shape index (κ1) is 14.5. The third-order valence-electron chi connectivity index (χ3n) is 3.29. The van der Waals surface area contributed by atoms with Crippen LogP contribution in [0, 0.1) is 5.92 Å². The third-order valence-corrected chi connectivity index (χ3v) is 4.07. The van der Waals surface area contributed by atoms with Crippen molar-refractivity contribution >= 4 is 15.9 Å². The summed E-state index contributed by atoms with van der Waals surface area (Å²) in [6.07, 6.45) is 2.20. The van der Waals surface area contributed by atoms with Gasteiger partial charge >= 0.3 is 0 Å². The van der Waals surface area contributed by atoms with Gasteiger partial charge in [0.05, 0.1) is 7.11 Å². The van der Waals surface area contributed by atoms with Crippen LogP contribution in [0.25, 0.3) is 0 Å². The lowest BCUT2D eigenvalue weighted by molar-refractivity contribution is 0.384. The van der Waals surface area contributed by atoms with Crippen LogP contribution in [-0.2, 0) is 6.42 Å². The van der Waals surface area contributed by atoms with Gasteiger partial charge in [0.1, 0.15) is 5.75 Å². The van der Waals surface area contributed by atoms with Gasteiger partial charge in [-0.2, -0.15) is 0 Å². The summed E-state index contributed by atoms with van der Waals surface area (Å²) < 4.78 is 6.43. The first-order valence-corrected chi connectivity index (χ1v) is 6.91. The maximum Gasteiger partial charge on any atom is 0.119 e. The van der Waals surface area contributed by atoms with Crippen molar-refractivity contribution < 1.29 is 4.74 Å². The van der Waals surface area contributed by atoms with Gasteiger partial charge in [0.15, 0.2) is 0 Å². The van der Waals surface area contributed by atoms with Crippen molar-refractivity contribution in [3.8, 4) is 5.75 Å². The summed E-state index contributed by atoms with van der Waals surface area (Å²) in [6, 6.07) is 6.71. The molecule has 0 aliphatic rings. The molecule has 2 unspecified atom stereocenters. The zero-order valence-corrected chi connectivity index (χ0v) is 12.7. The zero-order chi connectivity index (χ0) is 12.8. The normalized spacial score (nSPS) is 14.4. The molecule has 17 heavy (non-hydrogen) atoms. The summed E-state index contributed by atoms with van der Waals surface area (Å²) in [5, 5.41) is 3.37. The van der Waals surface area contributed by atoms with Crippen molar-refractivity contribution in [2.45, 2.75) is 32.7 Å². The van der Waals surface area contributed by atoms with Crippen LogP contribution < -0.4 is 10.1 Å². The Bertz CT molecular complexity index is 350. The fourth-order valence-electron chi connectivity index (χ4n) is 2.21. The van der Waals surface area contributed by atoms with Gasteiger partial charge in [-0.25, -0.2) is 0 Å². The van der Waals surface area contributed by atoms with E-state index in [1.165, 1.54) is 5.56 Å². The minimum Gasteiger partial charge on any atom is -0.497 e. The average Bonchev–Trinajstić information content (AvgIpc) is 2.33. The summed E-state index contributed by atoms with van der Waals surface area (Å²) in [5.74, 6) is 1.53. The Hall–Kier alpha value is -0.540. The number of hydrogen-bond donors (Lipinski definition) is 1. The summed E-state index contributed by atoms with van der Waals surface area (Å²) in [4.78, 5) is 0. The second-order valence-corrected chi connectivity index (χ2v) is 5.30. The Morgan fingerprint density at radius 2 is 2.12 bits per heavy atom. The van der Waals surface area contributed by atoms with Crippen LogP contribution in [0.3, 0.4) is 0 Å². The Morgan fingerprint density at radius 3 is 2.65 bits per heavy atom. The van der Waals surface area contributed by atoms with Crippen LogP contribution in [-0.4, -0.2) is 20.2 Å². The van der Waals surface area contributed by atoms with E-state index in [-0.39, 0.29) is 0 Å². The lowest BCUT2D eigenvalue weighted by Gasteiger charge is -2.22. The SMILES string of the molecule is CCC(NC)C(C)Cc1cc(OC)ccc1Br. The van der Waals surface area contributed by atoms with Gasteiger partial charge in [0.25, 0.3) is 0 Å². The Morgan fingerprint density at radius 1 is 1.41 bits per heavy atom. The average molecular weight is 300 g/mol. The molecule has 96 valence electrons. The number of hydrogen-bond acceptors (Lipinski definition) is 2. The molecular weight excluding hydrogens is 278 g/mol. The molecule has 0 aromatic heterocycles. The summed E-state index contributed by atoms with van der Waals surface area (Å²) in [7, 11) is 3.74. The molecule has 0 spiro atoms. The number of methoxy groups -OCH3 is 1. The molecule has 0 aliphatic carbocycles. The highest BCUT2D eigenvalue weighted by Gasteiger charge is 2.15. The number of benzene rings is 1. The zero-order valence-electron chi connectivity index (χ0n) is 11.1. The Kier molecular flexibility index (Phi) is 6.00. The molecule has 0 heterocycles. The highest BCUT2D eigenvalue weighted by Crippen LogP contribution is 2.26. The highest BCUT2D eigenvalue weighted by atomic mass is 79.9. The van der Waals surface area contributed by atoms with E-state index in [1.807, 2.05) is 13.1 Å². The van der Waals surface area contributed by atoms with Crippen LogP contribution >= 0.6 is 15.9 Å². The summed E-state index contributed by atoms with van der Waals surface area (Å²) >= 11 is 3.61. The second-order valence-electron chi connectivity index (χ2n) is 4.44. The molecule has 0 radical (unpaired) electrons. The van der Waals surface area contributed by atoms with E-state index in [0.29, 0.717) is 12.0 Å². The van der Waals surface area contributed by atoms with Gasteiger partial charge in [-0.05, 0) is 49.6 Å². The molecule has 2 nitrogen and oxygen atoms in total. The van der Waals surface area contributed by atoms with Crippen LogP contribution in [0.2, 0.25) is 0 Å². The second kappa shape index (κ2) is 7.02. The molecule has 1 N–H and O–H groups in total. The monoisotopic (exact) mass is 299 g/mol. The van der Waals surface area contributed by atoms with Crippen molar-refractivity contribution in [3.05, 3.63) is 28.2 Å². The molecule has 0 amide bonds. The van der Waals surface area contributed by atoms with E-state index in [1.54, 1.807) is 7.11 Å². The van der Waals surface area contributed by atoms with Crippen molar-refractivity contribution in [3.63, 3.8) is 0 Å². The molecule has 1 aromatic rings. The molecular formula is C14H22BrNO. The third kappa shape index (κ3) is 4.00. The van der Waals surface area contributed by atoms with Crippen molar-refractivity contribution in [2.75, 3.05) is 14.2 Å². The first-order valence-electron chi connectivity index (χ1n) is 6.12. The van der Waals surface area contributed by atoms with E-state index in [9.17, 15) is 0 Å². The van der Waals surface area contributed by atoms with Gasteiger partial charge in [0.2, 0.25) is 0 Å². The van der Waals surface area contributed by atoms with Gasteiger partial charge in [-0.3, -0.25) is 0 Å². The number of ether oxygens (including phenoxy) is 1. The van der Waals surface area contributed by atoms with E-state index < -0.39 is 0 Å². The molecule has 3 heteroatoms. The molecule has 2 atom stereocenters. The van der Waals surface area contributed by atoms with Crippen molar-refractivity contribution in [1.82, 2.24) is 5.32 Å². The molecule has 0 bridgehead atoms. The molecule has 0 saturated carbocycles. The topological polar surface area (TPSA) is 21.3 Å². The van der Waals surface area contributed by atoms with Crippen LogP contribution in [0.4, 0.5) is 0 Å². The van der Waals surface area contributed by atoms with E-state index in [2.05, 4.69) is 47.2 Å². The summed E-state index contributed by atoms with van der Waals surface area (Å²) in [5.41, 5.74) is 1.31. The molecule has 0 aliphatic heterocycles. The van der Waals surface area contributed by atoms with E-state index in [0.717, 1.165) is 23.1 Å². The lowest BCUT2D eigenvalue weighted by Crippen LogP contribution is -2.32. The standard InChI is InChI=1S/C14H22BrNO/c1-5-14(16-3)10(2)8-11-9-12(17-4)6-7-13(11)15/h6-7,9-10,14,16H,5,8H2,1-4H3. The molecule has 1 aromatic carbocycles. The largest absolute Gasteiger partial charge is 0.497 e.